The number of amides is 1. The molecule has 1 heterocycles. The second kappa shape index (κ2) is 11.4. The van der Waals surface area contributed by atoms with Crippen LogP contribution < -0.4 is 5.32 Å². The molecule has 0 radical (unpaired) electrons. The third-order valence-corrected chi connectivity index (χ3v) is 14.1. The lowest BCUT2D eigenvalue weighted by Crippen LogP contribution is -2.45. The maximum Gasteiger partial charge on any atom is 0.225 e. The van der Waals surface area contributed by atoms with Gasteiger partial charge in [0.1, 0.15) is 0 Å². The van der Waals surface area contributed by atoms with Gasteiger partial charge in [-0.05, 0) is 53.7 Å². The smallest absolute Gasteiger partial charge is 0.225 e. The van der Waals surface area contributed by atoms with Gasteiger partial charge >= 0.3 is 0 Å². The van der Waals surface area contributed by atoms with Gasteiger partial charge in [-0.3, -0.25) is 4.79 Å². The molecule has 1 aliphatic carbocycles. The predicted octanol–water partition coefficient (Wildman–Crippen LogP) is 7.94. The maximum atomic E-state index is 13.4. The van der Waals surface area contributed by atoms with E-state index in [-0.39, 0.29) is 34.2 Å². The highest BCUT2D eigenvalue weighted by Crippen LogP contribution is 2.57. The SMILES string of the molecule is CCCCCCCCC#Cc1ccc2c(c1)[C@](C)(C(C)C)[C@H]1C(=O)N[C@H](CO[Si](C)(C)C(C)(C)C)[C@@H]21. The third kappa shape index (κ3) is 5.78. The van der Waals surface area contributed by atoms with Crippen molar-refractivity contribution in [1.82, 2.24) is 5.32 Å². The molecule has 1 amide bonds. The number of benzene rings is 1. The van der Waals surface area contributed by atoms with Gasteiger partial charge in [-0.15, -0.1) is 0 Å². The normalized spacial score (nSPS) is 25.4. The molecule has 0 unspecified atom stereocenters. The summed E-state index contributed by atoms with van der Waals surface area (Å²) in [6.07, 6.45) is 8.74. The molecule has 0 saturated carbocycles. The molecule has 2 aliphatic rings. The van der Waals surface area contributed by atoms with Crippen LogP contribution in [0.1, 0.15) is 116 Å². The molecule has 1 fully saturated rings. The van der Waals surface area contributed by atoms with Gasteiger partial charge in [0.25, 0.3) is 0 Å². The number of unbranched alkanes of at least 4 members (excludes halogenated alkanes) is 6. The Kier molecular flexibility index (Phi) is 9.21. The Morgan fingerprint density at radius 2 is 1.78 bits per heavy atom. The fourth-order valence-electron chi connectivity index (χ4n) is 5.85. The van der Waals surface area contributed by atoms with Crippen molar-refractivity contribution in [3.8, 4) is 11.8 Å². The van der Waals surface area contributed by atoms with Gasteiger partial charge < -0.3 is 9.74 Å². The molecule has 1 N–H and O–H groups in total. The molecule has 1 aromatic rings. The first-order valence-corrected chi connectivity index (χ1v) is 17.3. The van der Waals surface area contributed by atoms with Crippen molar-refractivity contribution in [1.29, 1.82) is 0 Å². The largest absolute Gasteiger partial charge is 0.415 e. The molecular formula is C32H51NO2Si. The Morgan fingerprint density at radius 1 is 1.11 bits per heavy atom. The zero-order valence-electron chi connectivity index (χ0n) is 24.5. The van der Waals surface area contributed by atoms with Crippen LogP contribution >= 0.6 is 0 Å². The minimum Gasteiger partial charge on any atom is -0.415 e. The van der Waals surface area contributed by atoms with Crippen molar-refractivity contribution in [2.24, 2.45) is 11.8 Å². The van der Waals surface area contributed by atoms with Crippen molar-refractivity contribution in [3.05, 3.63) is 34.9 Å². The number of hydrogen-bond donors (Lipinski definition) is 1. The summed E-state index contributed by atoms with van der Waals surface area (Å²) < 4.78 is 6.61. The zero-order valence-corrected chi connectivity index (χ0v) is 25.5. The molecule has 4 atom stereocenters. The van der Waals surface area contributed by atoms with Crippen LogP contribution in [0.3, 0.4) is 0 Å². The van der Waals surface area contributed by atoms with E-state index in [0.29, 0.717) is 12.5 Å². The molecule has 0 bridgehead atoms. The molecule has 3 rings (SSSR count). The fraction of sp³-hybridized carbons (Fsp3) is 0.719. The number of carbonyl (C=O) groups excluding carboxylic acids is 1. The highest BCUT2D eigenvalue weighted by atomic mass is 28.4. The molecule has 4 heteroatoms. The second-order valence-corrected chi connectivity index (χ2v) is 18.1. The highest BCUT2D eigenvalue weighted by molar-refractivity contribution is 6.74. The van der Waals surface area contributed by atoms with Crippen LogP contribution in [0, 0.1) is 23.7 Å². The summed E-state index contributed by atoms with van der Waals surface area (Å²) in [4.78, 5) is 13.4. The Labute approximate surface area is 222 Å². The van der Waals surface area contributed by atoms with E-state index in [0.717, 1.165) is 12.0 Å². The van der Waals surface area contributed by atoms with Crippen molar-refractivity contribution < 1.29 is 9.22 Å². The fourth-order valence-corrected chi connectivity index (χ4v) is 6.88. The van der Waals surface area contributed by atoms with E-state index in [1.165, 1.54) is 49.7 Å². The molecule has 200 valence electrons. The van der Waals surface area contributed by atoms with E-state index < -0.39 is 8.32 Å². The van der Waals surface area contributed by atoms with E-state index in [1.807, 2.05) is 0 Å². The number of nitrogens with one attached hydrogen (secondary N) is 1. The summed E-state index contributed by atoms with van der Waals surface area (Å²) in [7, 11) is -1.90. The Hall–Kier alpha value is -1.57. The summed E-state index contributed by atoms with van der Waals surface area (Å²) in [6.45, 7) is 21.1. The molecule has 1 aliphatic heterocycles. The van der Waals surface area contributed by atoms with Crippen LogP contribution in [0.4, 0.5) is 0 Å². The minimum absolute atomic E-state index is 0.0283. The standard InChI is InChI=1S/C32H51NO2Si/c1-10-11-12-13-14-15-16-17-18-24-19-20-25-26(21-24)32(7,23(2)3)29-28(25)27(33-30(29)34)22-35-36(8,9)31(4,5)6/h19-21,23,27-29H,10-16,22H2,1-9H3,(H,33,34)/t27-,28-,29-,32+/m1/s1. The van der Waals surface area contributed by atoms with Gasteiger partial charge in [-0.1, -0.05) is 98.5 Å². The van der Waals surface area contributed by atoms with Crippen LogP contribution in [0.25, 0.3) is 0 Å². The summed E-state index contributed by atoms with van der Waals surface area (Å²) in [5.74, 6) is 7.50. The van der Waals surface area contributed by atoms with Crippen LogP contribution in [-0.2, 0) is 14.6 Å². The summed E-state index contributed by atoms with van der Waals surface area (Å²) in [5.41, 5.74) is 3.53. The van der Waals surface area contributed by atoms with E-state index in [9.17, 15) is 4.79 Å². The van der Waals surface area contributed by atoms with Crippen molar-refractivity contribution in [2.45, 2.75) is 129 Å². The lowest BCUT2D eigenvalue weighted by atomic mass is 9.67. The van der Waals surface area contributed by atoms with Crippen molar-refractivity contribution in [3.63, 3.8) is 0 Å². The molecule has 1 saturated heterocycles. The number of carbonyl (C=O) groups is 1. The van der Waals surface area contributed by atoms with E-state index in [2.05, 4.69) is 96.9 Å². The van der Waals surface area contributed by atoms with Gasteiger partial charge in [0.15, 0.2) is 8.32 Å². The predicted molar refractivity (Wildman–Crippen MR) is 155 cm³/mol. The zero-order chi connectivity index (χ0) is 26.7. The third-order valence-electron chi connectivity index (χ3n) is 9.56. The van der Waals surface area contributed by atoms with Crippen LogP contribution in [0.2, 0.25) is 18.1 Å². The summed E-state index contributed by atoms with van der Waals surface area (Å²) in [5, 5.41) is 3.49. The van der Waals surface area contributed by atoms with E-state index in [4.69, 9.17) is 4.43 Å². The van der Waals surface area contributed by atoms with Crippen LogP contribution in [0.5, 0.6) is 0 Å². The topological polar surface area (TPSA) is 38.3 Å². The van der Waals surface area contributed by atoms with Crippen LogP contribution in [-0.4, -0.2) is 26.9 Å². The molecule has 3 nitrogen and oxygen atoms in total. The number of fused-ring (bicyclic) bond motifs is 3. The van der Waals surface area contributed by atoms with Gasteiger partial charge in [0.2, 0.25) is 5.91 Å². The lowest BCUT2D eigenvalue weighted by molar-refractivity contribution is -0.125. The second-order valence-electron chi connectivity index (χ2n) is 13.2. The van der Waals surface area contributed by atoms with Crippen LogP contribution in [0.15, 0.2) is 18.2 Å². The first-order chi connectivity index (χ1) is 16.8. The number of hydrogen-bond acceptors (Lipinski definition) is 2. The van der Waals surface area contributed by atoms with Crippen molar-refractivity contribution in [2.75, 3.05) is 6.61 Å². The van der Waals surface area contributed by atoms with Gasteiger partial charge in [0.05, 0.1) is 18.6 Å². The van der Waals surface area contributed by atoms with E-state index in [1.54, 1.807) is 0 Å². The van der Waals surface area contributed by atoms with Gasteiger partial charge in [-0.25, -0.2) is 0 Å². The quantitative estimate of drug-likeness (QED) is 0.197. The lowest BCUT2D eigenvalue weighted by Gasteiger charge is -2.37. The minimum atomic E-state index is -1.90. The van der Waals surface area contributed by atoms with Crippen molar-refractivity contribution >= 4 is 14.2 Å². The monoisotopic (exact) mass is 509 g/mol. The van der Waals surface area contributed by atoms with Gasteiger partial charge in [-0.2, -0.15) is 0 Å². The molecule has 0 aromatic heterocycles. The Balaban J connectivity index is 1.80. The Bertz CT molecular complexity index is 980. The maximum absolute atomic E-state index is 13.4. The molecule has 1 aromatic carbocycles. The summed E-state index contributed by atoms with van der Waals surface area (Å²) >= 11 is 0. The molecule has 0 spiro atoms. The molecular weight excluding hydrogens is 458 g/mol. The van der Waals surface area contributed by atoms with E-state index >= 15 is 0 Å². The average Bonchev–Trinajstić information content (AvgIpc) is 3.27. The average molecular weight is 510 g/mol. The summed E-state index contributed by atoms with van der Waals surface area (Å²) in [6, 6.07) is 6.75. The van der Waals surface area contributed by atoms with Gasteiger partial charge in [0, 0.05) is 23.3 Å². The first kappa shape index (κ1) is 29.0. The first-order valence-electron chi connectivity index (χ1n) is 14.4. The number of rotatable bonds is 10. The highest BCUT2D eigenvalue weighted by Gasteiger charge is 2.60. The Morgan fingerprint density at radius 3 is 2.42 bits per heavy atom. The molecule has 36 heavy (non-hydrogen) atoms.